The van der Waals surface area contributed by atoms with E-state index in [1.54, 1.807) is 0 Å². The summed E-state index contributed by atoms with van der Waals surface area (Å²) < 4.78 is 5.96. The molecule has 0 unspecified atom stereocenters. The molecule has 1 aromatic carbocycles. The smallest absolute Gasteiger partial charge is 0.173 e. The molecule has 0 aliphatic carbocycles. The molecule has 0 bridgehead atoms. The highest BCUT2D eigenvalue weighted by Gasteiger charge is 2.08. The molecule has 0 fully saturated rings. The van der Waals surface area contributed by atoms with E-state index in [1.165, 1.54) is 0 Å². The number of aromatic nitrogens is 2. The number of hydrogen-bond donors (Lipinski definition) is 1. The summed E-state index contributed by atoms with van der Waals surface area (Å²) in [5.41, 5.74) is 1.27. The highest BCUT2D eigenvalue weighted by atomic mass is 79.9. The summed E-state index contributed by atoms with van der Waals surface area (Å²) >= 11 is 3.25. The third-order valence-corrected chi connectivity index (χ3v) is 2.78. The van der Waals surface area contributed by atoms with Crippen molar-refractivity contribution in [2.24, 2.45) is 0 Å². The molecule has 2 rings (SSSR count). The number of hydrogen-bond acceptors (Lipinski definition) is 3. The second-order valence-corrected chi connectivity index (χ2v) is 4.11. The van der Waals surface area contributed by atoms with Crippen molar-refractivity contribution in [1.29, 1.82) is 5.26 Å². The zero-order chi connectivity index (χ0) is 12.3. The molecule has 2 aromatic rings. The summed E-state index contributed by atoms with van der Waals surface area (Å²) in [6.45, 7) is 2.58. The predicted molar refractivity (Wildman–Crippen MR) is 67.6 cm³/mol. The molecule has 0 aliphatic heterocycles. The number of rotatable bonds is 3. The van der Waals surface area contributed by atoms with Crippen molar-refractivity contribution in [2.45, 2.75) is 6.92 Å². The first-order valence-corrected chi connectivity index (χ1v) is 5.92. The maximum atomic E-state index is 8.81. The fourth-order valence-electron chi connectivity index (χ4n) is 1.44. The van der Waals surface area contributed by atoms with E-state index >= 15 is 0 Å². The Morgan fingerprint density at radius 1 is 1.41 bits per heavy atom. The molecule has 0 saturated heterocycles. The SMILES string of the molecule is CCOc1ccc(-c2nc(C#N)c(Br)[nH]2)cc1. The molecule has 0 atom stereocenters. The van der Waals surface area contributed by atoms with Crippen LogP contribution in [0.2, 0.25) is 0 Å². The molecule has 0 amide bonds. The van der Waals surface area contributed by atoms with Gasteiger partial charge in [0.05, 0.1) is 6.61 Å². The Balaban J connectivity index is 2.30. The lowest BCUT2D eigenvalue weighted by atomic mass is 10.2. The van der Waals surface area contributed by atoms with Crippen LogP contribution in [0.1, 0.15) is 12.6 Å². The first kappa shape index (κ1) is 11.7. The van der Waals surface area contributed by atoms with Crippen molar-refractivity contribution in [3.8, 4) is 23.2 Å². The fourth-order valence-corrected chi connectivity index (χ4v) is 1.80. The average molecular weight is 292 g/mol. The number of nitrogens with zero attached hydrogens (tertiary/aromatic N) is 2. The number of H-pyrrole nitrogens is 1. The van der Waals surface area contributed by atoms with Crippen LogP contribution in [0.25, 0.3) is 11.4 Å². The van der Waals surface area contributed by atoms with Gasteiger partial charge in [0.1, 0.15) is 22.2 Å². The highest BCUT2D eigenvalue weighted by molar-refractivity contribution is 9.10. The topological polar surface area (TPSA) is 61.7 Å². The first-order valence-electron chi connectivity index (χ1n) is 5.13. The summed E-state index contributed by atoms with van der Waals surface area (Å²) in [6, 6.07) is 9.56. The van der Waals surface area contributed by atoms with Crippen LogP contribution < -0.4 is 4.74 Å². The van der Waals surface area contributed by atoms with Gasteiger partial charge in [-0.3, -0.25) is 0 Å². The third-order valence-electron chi connectivity index (χ3n) is 2.20. The first-order chi connectivity index (χ1) is 8.24. The zero-order valence-electron chi connectivity index (χ0n) is 9.20. The lowest BCUT2D eigenvalue weighted by Crippen LogP contribution is -1.90. The van der Waals surface area contributed by atoms with Gasteiger partial charge in [0, 0.05) is 5.56 Å². The van der Waals surface area contributed by atoms with Crippen molar-refractivity contribution in [2.75, 3.05) is 6.61 Å². The van der Waals surface area contributed by atoms with Crippen LogP contribution in [0.5, 0.6) is 5.75 Å². The van der Waals surface area contributed by atoms with E-state index in [-0.39, 0.29) is 0 Å². The number of ether oxygens (including phenoxy) is 1. The van der Waals surface area contributed by atoms with Crippen LogP contribution in [0.15, 0.2) is 28.9 Å². The van der Waals surface area contributed by atoms with E-state index in [4.69, 9.17) is 10.00 Å². The minimum Gasteiger partial charge on any atom is -0.494 e. The fraction of sp³-hybridized carbons (Fsp3) is 0.167. The standard InChI is InChI=1S/C12H10BrN3O/c1-2-17-9-5-3-8(4-6-9)12-15-10(7-14)11(13)16-12/h3-6H,2H2,1H3,(H,15,16). The number of benzene rings is 1. The molecule has 1 N–H and O–H groups in total. The maximum absolute atomic E-state index is 8.81. The molecule has 1 aromatic heterocycles. The van der Waals surface area contributed by atoms with Gasteiger partial charge in [-0.15, -0.1) is 0 Å². The molecule has 0 spiro atoms. The molecular weight excluding hydrogens is 282 g/mol. The second-order valence-electron chi connectivity index (χ2n) is 3.32. The molecular formula is C12H10BrN3O. The molecule has 17 heavy (non-hydrogen) atoms. The normalized spacial score (nSPS) is 9.94. The Kier molecular flexibility index (Phi) is 3.45. The van der Waals surface area contributed by atoms with Crippen molar-refractivity contribution in [1.82, 2.24) is 9.97 Å². The van der Waals surface area contributed by atoms with E-state index in [0.29, 0.717) is 22.7 Å². The number of imidazole rings is 1. The van der Waals surface area contributed by atoms with Gasteiger partial charge in [-0.05, 0) is 47.1 Å². The summed E-state index contributed by atoms with van der Waals surface area (Å²) in [4.78, 5) is 7.18. The van der Waals surface area contributed by atoms with Crippen molar-refractivity contribution in [3.05, 3.63) is 34.6 Å². The van der Waals surface area contributed by atoms with Gasteiger partial charge in [-0.25, -0.2) is 4.98 Å². The van der Waals surface area contributed by atoms with Crippen LogP contribution in [0.3, 0.4) is 0 Å². The van der Waals surface area contributed by atoms with E-state index in [9.17, 15) is 0 Å². The van der Waals surface area contributed by atoms with Crippen molar-refractivity contribution < 1.29 is 4.74 Å². The lowest BCUT2D eigenvalue weighted by Gasteiger charge is -2.02. The van der Waals surface area contributed by atoms with Gasteiger partial charge in [0.25, 0.3) is 0 Å². The molecule has 1 heterocycles. The average Bonchev–Trinajstić information content (AvgIpc) is 2.72. The van der Waals surface area contributed by atoms with Crippen LogP contribution in [-0.2, 0) is 0 Å². The van der Waals surface area contributed by atoms with Gasteiger partial charge in [0.15, 0.2) is 5.69 Å². The molecule has 0 radical (unpaired) electrons. The predicted octanol–water partition coefficient (Wildman–Crippen LogP) is 3.11. The Bertz CT molecular complexity index is 554. The molecule has 0 aliphatic rings. The lowest BCUT2D eigenvalue weighted by molar-refractivity contribution is 0.340. The van der Waals surface area contributed by atoms with Gasteiger partial charge in [-0.1, -0.05) is 0 Å². The molecule has 5 heteroatoms. The zero-order valence-corrected chi connectivity index (χ0v) is 10.8. The van der Waals surface area contributed by atoms with Gasteiger partial charge >= 0.3 is 0 Å². The van der Waals surface area contributed by atoms with Crippen LogP contribution in [0.4, 0.5) is 0 Å². The van der Waals surface area contributed by atoms with E-state index in [1.807, 2.05) is 37.3 Å². The second kappa shape index (κ2) is 5.02. The van der Waals surface area contributed by atoms with E-state index in [0.717, 1.165) is 11.3 Å². The largest absolute Gasteiger partial charge is 0.494 e. The van der Waals surface area contributed by atoms with E-state index in [2.05, 4.69) is 25.9 Å². The highest BCUT2D eigenvalue weighted by Crippen LogP contribution is 2.23. The van der Waals surface area contributed by atoms with Crippen molar-refractivity contribution in [3.63, 3.8) is 0 Å². The number of nitrogens with one attached hydrogen (secondary N) is 1. The Morgan fingerprint density at radius 3 is 2.65 bits per heavy atom. The van der Waals surface area contributed by atoms with Gasteiger partial charge < -0.3 is 9.72 Å². The van der Waals surface area contributed by atoms with Crippen LogP contribution >= 0.6 is 15.9 Å². The number of halogens is 1. The monoisotopic (exact) mass is 291 g/mol. The van der Waals surface area contributed by atoms with Crippen LogP contribution in [0, 0.1) is 11.3 Å². The molecule has 4 nitrogen and oxygen atoms in total. The minimum absolute atomic E-state index is 0.355. The summed E-state index contributed by atoms with van der Waals surface area (Å²) in [7, 11) is 0. The molecule has 86 valence electrons. The number of aromatic amines is 1. The van der Waals surface area contributed by atoms with Crippen molar-refractivity contribution >= 4 is 15.9 Å². The van der Waals surface area contributed by atoms with Gasteiger partial charge in [0.2, 0.25) is 0 Å². The third kappa shape index (κ3) is 2.48. The minimum atomic E-state index is 0.355. The summed E-state index contributed by atoms with van der Waals surface area (Å²) in [5, 5.41) is 8.81. The van der Waals surface area contributed by atoms with Gasteiger partial charge in [-0.2, -0.15) is 5.26 Å². The Hall–Kier alpha value is -1.80. The quantitative estimate of drug-likeness (QED) is 0.945. The number of nitriles is 1. The Morgan fingerprint density at radius 2 is 2.12 bits per heavy atom. The Labute approximate surface area is 107 Å². The van der Waals surface area contributed by atoms with Crippen LogP contribution in [-0.4, -0.2) is 16.6 Å². The maximum Gasteiger partial charge on any atom is 0.173 e. The summed E-state index contributed by atoms with van der Waals surface area (Å²) in [6.07, 6.45) is 0. The molecule has 0 saturated carbocycles. The summed E-state index contributed by atoms with van der Waals surface area (Å²) in [5.74, 6) is 1.49. The van der Waals surface area contributed by atoms with E-state index < -0.39 is 0 Å².